The van der Waals surface area contributed by atoms with E-state index in [0.29, 0.717) is 11.6 Å². The average Bonchev–Trinajstić information content (AvgIpc) is 2.68. The number of aryl methyl sites for hydroxylation is 2. The second kappa shape index (κ2) is 5.18. The molecule has 0 bridgehead atoms. The van der Waals surface area contributed by atoms with E-state index in [1.54, 1.807) is 10.9 Å². The summed E-state index contributed by atoms with van der Waals surface area (Å²) in [5.41, 5.74) is 7.71. The Morgan fingerprint density at radius 1 is 1.44 bits per heavy atom. The third kappa shape index (κ3) is 2.68. The van der Waals surface area contributed by atoms with E-state index in [1.165, 1.54) is 0 Å². The van der Waals surface area contributed by atoms with E-state index in [0.717, 1.165) is 17.8 Å². The molecule has 0 amide bonds. The van der Waals surface area contributed by atoms with Gasteiger partial charge in [-0.05, 0) is 25.5 Å². The fraction of sp³-hybridized carbons (Fsp3) is 0.385. The molecular formula is C13H18N4O. The summed E-state index contributed by atoms with van der Waals surface area (Å²) in [6.07, 6.45) is 2.56. The van der Waals surface area contributed by atoms with Crippen LogP contribution in [-0.2, 0) is 7.05 Å². The highest BCUT2D eigenvalue weighted by atomic mass is 16.5. The van der Waals surface area contributed by atoms with Crippen LogP contribution in [0.25, 0.3) is 0 Å². The predicted octanol–water partition coefficient (Wildman–Crippen LogP) is 2.33. The van der Waals surface area contributed by atoms with Crippen molar-refractivity contribution < 1.29 is 4.74 Å². The molecule has 2 rings (SSSR count). The maximum absolute atomic E-state index is 5.91. The van der Waals surface area contributed by atoms with Crippen molar-refractivity contribution in [3.8, 4) is 11.6 Å². The summed E-state index contributed by atoms with van der Waals surface area (Å²) in [6, 6.07) is 5.64. The molecule has 5 nitrogen and oxygen atoms in total. The van der Waals surface area contributed by atoms with Gasteiger partial charge in [0.2, 0.25) is 5.88 Å². The van der Waals surface area contributed by atoms with Crippen molar-refractivity contribution in [1.82, 2.24) is 14.8 Å². The Kier molecular flexibility index (Phi) is 3.62. The fourth-order valence-corrected chi connectivity index (χ4v) is 1.68. The summed E-state index contributed by atoms with van der Waals surface area (Å²) in [4.78, 5) is 4.30. The molecule has 2 heterocycles. The maximum Gasteiger partial charge on any atom is 0.217 e. The Labute approximate surface area is 107 Å². The second-order valence-electron chi connectivity index (χ2n) is 4.28. The molecule has 0 aliphatic carbocycles. The van der Waals surface area contributed by atoms with Gasteiger partial charge < -0.3 is 10.5 Å². The lowest BCUT2D eigenvalue weighted by Crippen LogP contribution is -2.10. The van der Waals surface area contributed by atoms with E-state index < -0.39 is 0 Å². The SMILES string of the molecule is CCC(N)c1ccc(Oc2cc(C)nn2C)cn1. The van der Waals surface area contributed by atoms with Crippen LogP contribution >= 0.6 is 0 Å². The van der Waals surface area contributed by atoms with Gasteiger partial charge >= 0.3 is 0 Å². The van der Waals surface area contributed by atoms with E-state index in [4.69, 9.17) is 10.5 Å². The number of nitrogens with two attached hydrogens (primary N) is 1. The van der Waals surface area contributed by atoms with Crippen molar-refractivity contribution in [3.63, 3.8) is 0 Å². The maximum atomic E-state index is 5.91. The van der Waals surface area contributed by atoms with Crippen molar-refractivity contribution in [2.24, 2.45) is 12.8 Å². The summed E-state index contributed by atoms with van der Waals surface area (Å²) in [5.74, 6) is 1.38. The zero-order chi connectivity index (χ0) is 13.1. The molecule has 18 heavy (non-hydrogen) atoms. The van der Waals surface area contributed by atoms with E-state index in [9.17, 15) is 0 Å². The minimum Gasteiger partial charge on any atom is -0.438 e. The number of rotatable bonds is 4. The van der Waals surface area contributed by atoms with Crippen LogP contribution in [0.4, 0.5) is 0 Å². The number of aromatic nitrogens is 3. The van der Waals surface area contributed by atoms with Crippen LogP contribution in [0.15, 0.2) is 24.4 Å². The summed E-state index contributed by atoms with van der Waals surface area (Å²) in [5, 5.41) is 4.22. The van der Waals surface area contributed by atoms with Crippen LogP contribution in [-0.4, -0.2) is 14.8 Å². The summed E-state index contributed by atoms with van der Waals surface area (Å²) >= 11 is 0. The van der Waals surface area contributed by atoms with E-state index in [2.05, 4.69) is 10.1 Å². The molecule has 0 aliphatic rings. The van der Waals surface area contributed by atoms with Crippen molar-refractivity contribution in [1.29, 1.82) is 0 Å². The predicted molar refractivity (Wildman–Crippen MR) is 69.5 cm³/mol. The first-order chi connectivity index (χ1) is 8.60. The first-order valence-electron chi connectivity index (χ1n) is 6.00. The molecule has 96 valence electrons. The Balaban J connectivity index is 2.13. The van der Waals surface area contributed by atoms with Gasteiger partial charge in [-0.25, -0.2) is 4.68 Å². The zero-order valence-corrected chi connectivity index (χ0v) is 10.9. The molecule has 0 saturated carbocycles. The largest absolute Gasteiger partial charge is 0.438 e. The molecular weight excluding hydrogens is 228 g/mol. The second-order valence-corrected chi connectivity index (χ2v) is 4.28. The molecule has 0 aliphatic heterocycles. The van der Waals surface area contributed by atoms with Gasteiger partial charge in [0, 0.05) is 19.2 Å². The molecule has 0 fully saturated rings. The lowest BCUT2D eigenvalue weighted by molar-refractivity contribution is 0.428. The van der Waals surface area contributed by atoms with Crippen LogP contribution in [0.2, 0.25) is 0 Å². The van der Waals surface area contributed by atoms with Gasteiger partial charge in [-0.1, -0.05) is 6.92 Å². The van der Waals surface area contributed by atoms with Gasteiger partial charge in [-0.3, -0.25) is 4.98 Å². The third-order valence-electron chi connectivity index (χ3n) is 2.76. The number of hydrogen-bond acceptors (Lipinski definition) is 4. The topological polar surface area (TPSA) is 66.0 Å². The standard InChI is InChI=1S/C13H18N4O/c1-4-11(14)12-6-5-10(8-15-12)18-13-7-9(2)16-17(13)3/h5-8,11H,4,14H2,1-3H3. The van der Waals surface area contributed by atoms with E-state index in [1.807, 2.05) is 39.1 Å². The number of hydrogen-bond donors (Lipinski definition) is 1. The smallest absolute Gasteiger partial charge is 0.217 e. The molecule has 2 aromatic rings. The highest BCUT2D eigenvalue weighted by molar-refractivity contribution is 5.27. The normalized spacial score (nSPS) is 12.4. The number of nitrogens with zero attached hydrogens (tertiary/aromatic N) is 3. The molecule has 5 heteroatoms. The molecule has 0 saturated heterocycles. The zero-order valence-electron chi connectivity index (χ0n) is 10.9. The summed E-state index contributed by atoms with van der Waals surface area (Å²) < 4.78 is 7.39. The molecule has 1 unspecified atom stereocenters. The Hall–Kier alpha value is -1.88. The molecule has 2 aromatic heterocycles. The lowest BCUT2D eigenvalue weighted by Gasteiger charge is -2.09. The first kappa shape index (κ1) is 12.6. The number of ether oxygens (including phenoxy) is 1. The monoisotopic (exact) mass is 246 g/mol. The molecule has 0 aromatic carbocycles. The minimum atomic E-state index is -0.0157. The summed E-state index contributed by atoms with van der Waals surface area (Å²) in [6.45, 7) is 3.96. The van der Waals surface area contributed by atoms with Gasteiger partial charge in [0.15, 0.2) is 0 Å². The highest BCUT2D eigenvalue weighted by Crippen LogP contribution is 2.22. The molecule has 0 spiro atoms. The van der Waals surface area contributed by atoms with E-state index >= 15 is 0 Å². The summed E-state index contributed by atoms with van der Waals surface area (Å²) in [7, 11) is 1.84. The van der Waals surface area contributed by atoms with E-state index in [-0.39, 0.29) is 6.04 Å². The van der Waals surface area contributed by atoms with Crippen molar-refractivity contribution in [2.75, 3.05) is 0 Å². The average molecular weight is 246 g/mol. The minimum absolute atomic E-state index is 0.0157. The Bertz CT molecular complexity index is 518. The first-order valence-corrected chi connectivity index (χ1v) is 6.00. The molecule has 1 atom stereocenters. The number of pyridine rings is 1. The molecule has 2 N–H and O–H groups in total. The van der Waals surface area contributed by atoms with Crippen molar-refractivity contribution in [2.45, 2.75) is 26.3 Å². The van der Waals surface area contributed by atoms with Crippen LogP contribution in [0.3, 0.4) is 0 Å². The molecule has 0 radical (unpaired) electrons. The van der Waals surface area contributed by atoms with Crippen LogP contribution < -0.4 is 10.5 Å². The van der Waals surface area contributed by atoms with Crippen LogP contribution in [0.5, 0.6) is 11.6 Å². The van der Waals surface area contributed by atoms with Crippen LogP contribution in [0.1, 0.15) is 30.8 Å². The lowest BCUT2D eigenvalue weighted by atomic mass is 10.1. The quantitative estimate of drug-likeness (QED) is 0.899. The van der Waals surface area contributed by atoms with Crippen molar-refractivity contribution >= 4 is 0 Å². The van der Waals surface area contributed by atoms with Gasteiger partial charge in [0.25, 0.3) is 0 Å². The Morgan fingerprint density at radius 2 is 2.22 bits per heavy atom. The van der Waals surface area contributed by atoms with Crippen molar-refractivity contribution in [3.05, 3.63) is 35.8 Å². The van der Waals surface area contributed by atoms with Gasteiger partial charge in [0.1, 0.15) is 5.75 Å². The third-order valence-corrected chi connectivity index (χ3v) is 2.76. The highest BCUT2D eigenvalue weighted by Gasteiger charge is 2.07. The fourth-order valence-electron chi connectivity index (χ4n) is 1.68. The Morgan fingerprint density at radius 3 is 2.72 bits per heavy atom. The van der Waals surface area contributed by atoms with Gasteiger partial charge in [-0.15, -0.1) is 0 Å². The van der Waals surface area contributed by atoms with Crippen LogP contribution in [0, 0.1) is 6.92 Å². The van der Waals surface area contributed by atoms with Gasteiger partial charge in [-0.2, -0.15) is 5.10 Å². The van der Waals surface area contributed by atoms with Gasteiger partial charge in [0.05, 0.1) is 17.6 Å².